The lowest BCUT2D eigenvalue weighted by Gasteiger charge is -2.08. The number of nitrogens with one attached hydrogen (secondary N) is 2. The van der Waals surface area contributed by atoms with Crippen LogP contribution in [-0.4, -0.2) is 18.5 Å². The molecule has 0 bridgehead atoms. The second-order valence-corrected chi connectivity index (χ2v) is 4.97. The lowest BCUT2D eigenvalue weighted by molar-refractivity contribution is -0.384. The second-order valence-electron chi connectivity index (χ2n) is 4.97. The van der Waals surface area contributed by atoms with Gasteiger partial charge in [-0.2, -0.15) is 0 Å². The third kappa shape index (κ3) is 5.91. The molecule has 1 aromatic rings. The van der Waals surface area contributed by atoms with E-state index < -0.39 is 0 Å². The maximum atomic E-state index is 10.8. The fourth-order valence-electron chi connectivity index (χ4n) is 2.10. The van der Waals surface area contributed by atoms with Gasteiger partial charge < -0.3 is 10.6 Å². The molecule has 0 saturated carbocycles. The predicted molar refractivity (Wildman–Crippen MR) is 84.5 cm³/mol. The van der Waals surface area contributed by atoms with Gasteiger partial charge in [0.1, 0.15) is 0 Å². The topological polar surface area (TPSA) is 67.2 Å². The Kier molecular flexibility index (Phi) is 7.47. The molecule has 0 spiro atoms. The Morgan fingerprint density at radius 2 is 1.70 bits per heavy atom. The van der Waals surface area contributed by atoms with Gasteiger partial charge in [-0.05, 0) is 12.5 Å². The molecule has 0 unspecified atom stereocenters. The summed E-state index contributed by atoms with van der Waals surface area (Å²) in [5.74, 6) is 0. The van der Waals surface area contributed by atoms with Gasteiger partial charge in [0.15, 0.2) is 0 Å². The van der Waals surface area contributed by atoms with Crippen LogP contribution in [0, 0.1) is 10.1 Å². The summed E-state index contributed by atoms with van der Waals surface area (Å²) >= 11 is 0. The van der Waals surface area contributed by atoms with Crippen molar-refractivity contribution in [1.82, 2.24) is 0 Å². The summed E-state index contributed by atoms with van der Waals surface area (Å²) in [4.78, 5) is 10.5. The van der Waals surface area contributed by atoms with E-state index in [4.69, 9.17) is 0 Å². The van der Waals surface area contributed by atoms with E-state index in [9.17, 15) is 10.1 Å². The number of hydrogen-bond donors (Lipinski definition) is 2. The number of hydrogen-bond acceptors (Lipinski definition) is 4. The number of non-ortho nitro benzene ring substituents is 1. The molecule has 0 aromatic heterocycles. The van der Waals surface area contributed by atoms with Crippen LogP contribution < -0.4 is 10.6 Å². The van der Waals surface area contributed by atoms with Gasteiger partial charge in [-0.15, -0.1) is 0 Å². The highest BCUT2D eigenvalue weighted by Crippen LogP contribution is 2.24. The predicted octanol–water partition coefficient (Wildman–Crippen LogP) is 4.41. The summed E-state index contributed by atoms with van der Waals surface area (Å²) in [6, 6.07) is 5.01. The zero-order chi connectivity index (χ0) is 14.8. The molecule has 0 amide bonds. The molecule has 5 heteroatoms. The van der Waals surface area contributed by atoms with Crippen molar-refractivity contribution in [2.45, 2.75) is 45.4 Å². The molecule has 5 nitrogen and oxygen atoms in total. The summed E-state index contributed by atoms with van der Waals surface area (Å²) in [5, 5.41) is 17.1. The zero-order valence-electron chi connectivity index (χ0n) is 12.4. The number of rotatable bonds is 10. The normalized spacial score (nSPS) is 10.3. The van der Waals surface area contributed by atoms with Crippen molar-refractivity contribution in [3.05, 3.63) is 28.3 Å². The quantitative estimate of drug-likeness (QED) is 0.378. The molecular weight excluding hydrogens is 254 g/mol. The Balaban J connectivity index is 2.39. The summed E-state index contributed by atoms with van der Waals surface area (Å²) in [7, 11) is 1.76. The van der Waals surface area contributed by atoms with E-state index in [0.29, 0.717) is 0 Å². The molecule has 0 heterocycles. The van der Waals surface area contributed by atoms with Crippen molar-refractivity contribution < 1.29 is 4.92 Å². The smallest absolute Gasteiger partial charge is 0.273 e. The van der Waals surface area contributed by atoms with Crippen LogP contribution in [0.3, 0.4) is 0 Å². The minimum Gasteiger partial charge on any atom is -0.388 e. The first-order valence-electron chi connectivity index (χ1n) is 7.38. The van der Waals surface area contributed by atoms with Gasteiger partial charge in [-0.1, -0.05) is 39.0 Å². The van der Waals surface area contributed by atoms with E-state index in [0.717, 1.165) is 24.3 Å². The van der Waals surface area contributed by atoms with Crippen LogP contribution in [0.2, 0.25) is 0 Å². The Bertz CT molecular complexity index is 422. The molecule has 0 aliphatic carbocycles. The van der Waals surface area contributed by atoms with Crippen molar-refractivity contribution in [3.63, 3.8) is 0 Å². The number of nitro benzene ring substituents is 1. The number of nitro groups is 1. The molecule has 1 aromatic carbocycles. The van der Waals surface area contributed by atoms with E-state index >= 15 is 0 Å². The van der Waals surface area contributed by atoms with Gasteiger partial charge in [0.05, 0.1) is 4.92 Å². The van der Waals surface area contributed by atoms with Crippen LogP contribution in [0.4, 0.5) is 17.1 Å². The van der Waals surface area contributed by atoms with E-state index in [-0.39, 0.29) is 10.6 Å². The maximum Gasteiger partial charge on any atom is 0.273 e. The molecule has 112 valence electrons. The monoisotopic (exact) mass is 279 g/mol. The van der Waals surface area contributed by atoms with E-state index in [1.807, 2.05) is 6.07 Å². The van der Waals surface area contributed by atoms with Gasteiger partial charge in [-0.3, -0.25) is 10.1 Å². The third-order valence-electron chi connectivity index (χ3n) is 3.28. The SMILES string of the molecule is CCCCCCCCNc1cc(NC)cc([N+](=O)[O-])c1. The highest BCUT2D eigenvalue weighted by molar-refractivity contribution is 5.63. The molecule has 0 radical (unpaired) electrons. The fraction of sp³-hybridized carbons (Fsp3) is 0.600. The van der Waals surface area contributed by atoms with Crippen LogP contribution in [0.25, 0.3) is 0 Å². The van der Waals surface area contributed by atoms with Crippen LogP contribution >= 0.6 is 0 Å². The van der Waals surface area contributed by atoms with Crippen molar-refractivity contribution >= 4 is 17.1 Å². The van der Waals surface area contributed by atoms with Gasteiger partial charge in [0.25, 0.3) is 5.69 Å². The Labute approximate surface area is 120 Å². The molecular formula is C15H25N3O2. The molecule has 1 rings (SSSR count). The first kappa shape index (κ1) is 16.3. The summed E-state index contributed by atoms with van der Waals surface area (Å²) in [6.07, 6.45) is 7.45. The van der Waals surface area contributed by atoms with E-state index in [1.54, 1.807) is 13.1 Å². The minimum absolute atomic E-state index is 0.113. The molecule has 0 aliphatic rings. The van der Waals surface area contributed by atoms with Gasteiger partial charge in [0, 0.05) is 37.1 Å². The highest BCUT2D eigenvalue weighted by atomic mass is 16.6. The van der Waals surface area contributed by atoms with Crippen molar-refractivity contribution in [2.24, 2.45) is 0 Å². The largest absolute Gasteiger partial charge is 0.388 e. The van der Waals surface area contributed by atoms with Gasteiger partial charge >= 0.3 is 0 Å². The fourth-order valence-corrected chi connectivity index (χ4v) is 2.10. The molecule has 20 heavy (non-hydrogen) atoms. The maximum absolute atomic E-state index is 10.8. The van der Waals surface area contributed by atoms with Crippen LogP contribution in [0.5, 0.6) is 0 Å². The summed E-state index contributed by atoms with van der Waals surface area (Å²) in [6.45, 7) is 3.07. The zero-order valence-corrected chi connectivity index (χ0v) is 12.4. The number of nitrogens with zero attached hydrogens (tertiary/aromatic N) is 1. The van der Waals surface area contributed by atoms with Gasteiger partial charge in [0.2, 0.25) is 0 Å². The Morgan fingerprint density at radius 1 is 1.05 bits per heavy atom. The molecule has 0 atom stereocenters. The number of unbranched alkanes of at least 4 members (excludes halogenated alkanes) is 5. The summed E-state index contributed by atoms with van der Waals surface area (Å²) in [5.41, 5.74) is 1.67. The Hall–Kier alpha value is -1.78. The Morgan fingerprint density at radius 3 is 2.35 bits per heavy atom. The van der Waals surface area contributed by atoms with Crippen LogP contribution in [0.15, 0.2) is 18.2 Å². The van der Waals surface area contributed by atoms with Crippen LogP contribution in [-0.2, 0) is 0 Å². The average molecular weight is 279 g/mol. The molecule has 2 N–H and O–H groups in total. The lowest BCUT2D eigenvalue weighted by Crippen LogP contribution is -2.03. The van der Waals surface area contributed by atoms with E-state index in [1.165, 1.54) is 38.2 Å². The van der Waals surface area contributed by atoms with Crippen molar-refractivity contribution in [1.29, 1.82) is 0 Å². The third-order valence-corrected chi connectivity index (χ3v) is 3.28. The number of anilines is 2. The first-order chi connectivity index (χ1) is 9.67. The summed E-state index contributed by atoms with van der Waals surface area (Å²) < 4.78 is 0. The minimum atomic E-state index is -0.364. The molecule has 0 fully saturated rings. The van der Waals surface area contributed by atoms with E-state index in [2.05, 4.69) is 17.6 Å². The van der Waals surface area contributed by atoms with Gasteiger partial charge in [-0.25, -0.2) is 0 Å². The first-order valence-corrected chi connectivity index (χ1v) is 7.38. The lowest BCUT2D eigenvalue weighted by atomic mass is 10.1. The molecule has 0 saturated heterocycles. The standard InChI is InChI=1S/C15H25N3O2/c1-3-4-5-6-7-8-9-17-14-10-13(16-2)11-15(12-14)18(19)20/h10-12,16-17H,3-9H2,1-2H3. The second kappa shape index (κ2) is 9.18. The average Bonchev–Trinajstić information content (AvgIpc) is 2.46. The van der Waals surface area contributed by atoms with Crippen LogP contribution in [0.1, 0.15) is 45.4 Å². The molecule has 0 aliphatic heterocycles. The number of benzene rings is 1. The van der Waals surface area contributed by atoms with Crippen molar-refractivity contribution in [3.8, 4) is 0 Å². The highest BCUT2D eigenvalue weighted by Gasteiger charge is 2.08. The van der Waals surface area contributed by atoms with Crippen molar-refractivity contribution in [2.75, 3.05) is 24.2 Å².